The Morgan fingerprint density at radius 1 is 1.44 bits per heavy atom. The van der Waals surface area contributed by atoms with Crippen molar-refractivity contribution in [3.05, 3.63) is 29.8 Å². The van der Waals surface area contributed by atoms with Crippen LogP contribution in [0.2, 0.25) is 0 Å². The molecule has 18 heavy (non-hydrogen) atoms. The fourth-order valence-electron chi connectivity index (χ4n) is 1.36. The molecule has 0 aliphatic rings. The molecule has 100 valence electrons. The number of carbonyl (C=O) groups is 1. The molecule has 0 aliphatic carbocycles. The smallest absolute Gasteiger partial charge is 0.223 e. The molecule has 1 amide bonds. The number of ether oxygens (including phenoxy) is 1. The number of nitrogens with one attached hydrogen (secondary N) is 1. The Morgan fingerprint density at radius 3 is 2.83 bits per heavy atom. The maximum Gasteiger partial charge on any atom is 0.223 e. The third-order valence-corrected chi connectivity index (χ3v) is 2.43. The van der Waals surface area contributed by atoms with Crippen molar-refractivity contribution in [2.24, 2.45) is 0 Å². The lowest BCUT2D eigenvalue weighted by molar-refractivity contribution is -0.122. The molecule has 1 rings (SSSR count). The number of aryl methyl sites for hydroxylation is 1. The van der Waals surface area contributed by atoms with E-state index in [1.54, 1.807) is 0 Å². The maximum atomic E-state index is 11.4. The van der Waals surface area contributed by atoms with Crippen LogP contribution in [0.4, 0.5) is 0 Å². The van der Waals surface area contributed by atoms with Gasteiger partial charge in [0.1, 0.15) is 5.75 Å². The highest BCUT2D eigenvalue weighted by atomic mass is 16.5. The lowest BCUT2D eigenvalue weighted by atomic mass is 10.2. The van der Waals surface area contributed by atoms with Crippen molar-refractivity contribution in [2.75, 3.05) is 19.8 Å². The molecule has 5 heteroatoms. The molecule has 0 saturated heterocycles. The zero-order chi connectivity index (χ0) is 13.4. The van der Waals surface area contributed by atoms with Crippen molar-refractivity contribution >= 4 is 5.91 Å². The Hall–Kier alpha value is -1.59. The minimum Gasteiger partial charge on any atom is -0.493 e. The first-order valence-corrected chi connectivity index (χ1v) is 5.87. The third-order valence-electron chi connectivity index (χ3n) is 2.43. The largest absolute Gasteiger partial charge is 0.493 e. The minimum atomic E-state index is -0.911. The molecule has 1 aromatic rings. The number of aliphatic hydroxyl groups excluding tert-OH is 2. The highest BCUT2D eigenvalue weighted by Crippen LogP contribution is 2.15. The first-order chi connectivity index (χ1) is 8.63. The van der Waals surface area contributed by atoms with Crippen LogP contribution in [0.25, 0.3) is 0 Å². The molecule has 0 bridgehead atoms. The fourth-order valence-corrected chi connectivity index (χ4v) is 1.36. The third kappa shape index (κ3) is 5.16. The van der Waals surface area contributed by atoms with Crippen molar-refractivity contribution in [1.29, 1.82) is 0 Å². The van der Waals surface area contributed by atoms with Gasteiger partial charge in [-0.3, -0.25) is 4.79 Å². The van der Waals surface area contributed by atoms with Gasteiger partial charge >= 0.3 is 0 Å². The normalized spacial score (nSPS) is 11.9. The van der Waals surface area contributed by atoms with E-state index in [1.165, 1.54) is 0 Å². The van der Waals surface area contributed by atoms with E-state index in [9.17, 15) is 4.79 Å². The van der Waals surface area contributed by atoms with Gasteiger partial charge in [-0.1, -0.05) is 18.2 Å². The Bertz CT molecular complexity index is 381. The molecule has 0 spiro atoms. The van der Waals surface area contributed by atoms with Gasteiger partial charge < -0.3 is 20.3 Å². The van der Waals surface area contributed by atoms with Gasteiger partial charge in [-0.2, -0.15) is 0 Å². The van der Waals surface area contributed by atoms with Gasteiger partial charge in [0.25, 0.3) is 0 Å². The van der Waals surface area contributed by atoms with Crippen LogP contribution in [0.5, 0.6) is 5.75 Å². The van der Waals surface area contributed by atoms with Crippen molar-refractivity contribution in [2.45, 2.75) is 19.4 Å². The molecule has 3 N–H and O–H groups in total. The summed E-state index contributed by atoms with van der Waals surface area (Å²) in [6, 6.07) is 7.58. The number of para-hydroxylation sites is 1. The summed E-state index contributed by atoms with van der Waals surface area (Å²) in [4.78, 5) is 11.4. The standard InChI is InChI=1S/C13H19NO4/c1-10-4-2-3-5-12(10)18-7-6-13(17)14-8-11(16)9-15/h2-5,11,15-16H,6-9H2,1H3,(H,14,17). The Balaban J connectivity index is 2.22. The highest BCUT2D eigenvalue weighted by molar-refractivity contribution is 5.76. The first kappa shape index (κ1) is 14.5. The van der Waals surface area contributed by atoms with Crippen LogP contribution in [-0.4, -0.2) is 42.0 Å². The summed E-state index contributed by atoms with van der Waals surface area (Å²) >= 11 is 0. The van der Waals surface area contributed by atoms with E-state index in [0.717, 1.165) is 11.3 Å². The van der Waals surface area contributed by atoms with Gasteiger partial charge in [0.05, 0.1) is 25.7 Å². The molecule has 0 saturated carbocycles. The lowest BCUT2D eigenvalue weighted by Gasteiger charge is -2.10. The summed E-state index contributed by atoms with van der Waals surface area (Å²) in [6.45, 7) is 1.92. The average Bonchev–Trinajstić information content (AvgIpc) is 2.38. The van der Waals surface area contributed by atoms with Crippen LogP contribution < -0.4 is 10.1 Å². The van der Waals surface area contributed by atoms with E-state index in [-0.39, 0.29) is 32.1 Å². The number of benzene rings is 1. The Kier molecular flexibility index (Phi) is 6.18. The second kappa shape index (κ2) is 7.68. The summed E-state index contributed by atoms with van der Waals surface area (Å²) in [6.07, 6.45) is -0.696. The van der Waals surface area contributed by atoms with Crippen LogP contribution >= 0.6 is 0 Å². The predicted molar refractivity (Wildman–Crippen MR) is 67.4 cm³/mol. The van der Waals surface area contributed by atoms with Gasteiger partial charge in [-0.05, 0) is 18.6 Å². The fraction of sp³-hybridized carbons (Fsp3) is 0.462. The van der Waals surface area contributed by atoms with Crippen LogP contribution in [0.1, 0.15) is 12.0 Å². The predicted octanol–water partition coefficient (Wildman–Crippen LogP) is 0.233. The van der Waals surface area contributed by atoms with Gasteiger partial charge in [-0.25, -0.2) is 0 Å². The van der Waals surface area contributed by atoms with Gasteiger partial charge in [0.2, 0.25) is 5.91 Å². The Labute approximate surface area is 106 Å². The second-order valence-corrected chi connectivity index (χ2v) is 4.00. The molecule has 0 radical (unpaired) electrons. The maximum absolute atomic E-state index is 11.4. The van der Waals surface area contributed by atoms with E-state index in [0.29, 0.717) is 0 Å². The lowest BCUT2D eigenvalue weighted by Crippen LogP contribution is -2.34. The summed E-state index contributed by atoms with van der Waals surface area (Å²) < 4.78 is 5.47. The molecular weight excluding hydrogens is 234 g/mol. The molecule has 1 aromatic carbocycles. The SMILES string of the molecule is Cc1ccccc1OCCC(=O)NCC(O)CO. The van der Waals surface area contributed by atoms with Crippen molar-refractivity contribution in [3.8, 4) is 5.75 Å². The zero-order valence-corrected chi connectivity index (χ0v) is 10.4. The van der Waals surface area contributed by atoms with E-state index in [1.807, 2.05) is 31.2 Å². The molecule has 0 aromatic heterocycles. The molecule has 0 fully saturated rings. The molecule has 0 aliphatic heterocycles. The van der Waals surface area contributed by atoms with E-state index >= 15 is 0 Å². The first-order valence-electron chi connectivity index (χ1n) is 5.87. The van der Waals surface area contributed by atoms with E-state index in [4.69, 9.17) is 14.9 Å². The van der Waals surface area contributed by atoms with Crippen LogP contribution in [0, 0.1) is 6.92 Å². The zero-order valence-electron chi connectivity index (χ0n) is 10.4. The van der Waals surface area contributed by atoms with Gasteiger partial charge in [0, 0.05) is 6.54 Å². The van der Waals surface area contributed by atoms with Crippen LogP contribution in [-0.2, 0) is 4.79 Å². The summed E-state index contributed by atoms with van der Waals surface area (Å²) in [7, 11) is 0. The van der Waals surface area contributed by atoms with Gasteiger partial charge in [0.15, 0.2) is 0 Å². The number of aliphatic hydroxyl groups is 2. The number of hydrogen-bond acceptors (Lipinski definition) is 4. The van der Waals surface area contributed by atoms with Crippen LogP contribution in [0.3, 0.4) is 0 Å². The quantitative estimate of drug-likeness (QED) is 0.650. The molecule has 0 heterocycles. The van der Waals surface area contributed by atoms with E-state index < -0.39 is 6.10 Å². The van der Waals surface area contributed by atoms with Crippen molar-refractivity contribution < 1.29 is 19.7 Å². The monoisotopic (exact) mass is 253 g/mol. The minimum absolute atomic E-state index is 0.0553. The van der Waals surface area contributed by atoms with Crippen LogP contribution in [0.15, 0.2) is 24.3 Å². The molecule has 1 unspecified atom stereocenters. The van der Waals surface area contributed by atoms with E-state index in [2.05, 4.69) is 5.32 Å². The number of amides is 1. The van der Waals surface area contributed by atoms with Gasteiger partial charge in [-0.15, -0.1) is 0 Å². The molecule has 5 nitrogen and oxygen atoms in total. The summed E-state index contributed by atoms with van der Waals surface area (Å²) in [5.74, 6) is 0.553. The summed E-state index contributed by atoms with van der Waals surface area (Å²) in [5.41, 5.74) is 1.02. The van der Waals surface area contributed by atoms with Crippen molar-refractivity contribution in [3.63, 3.8) is 0 Å². The Morgan fingerprint density at radius 2 is 2.17 bits per heavy atom. The number of carbonyl (C=O) groups excluding carboxylic acids is 1. The average molecular weight is 253 g/mol. The molecular formula is C13H19NO4. The number of hydrogen-bond donors (Lipinski definition) is 3. The molecule has 1 atom stereocenters. The summed E-state index contributed by atoms with van der Waals surface area (Å²) in [5, 5.41) is 20.1. The second-order valence-electron chi connectivity index (χ2n) is 4.00. The highest BCUT2D eigenvalue weighted by Gasteiger charge is 2.06. The van der Waals surface area contributed by atoms with Crippen molar-refractivity contribution in [1.82, 2.24) is 5.32 Å². The number of rotatable bonds is 7. The topological polar surface area (TPSA) is 78.8 Å².